The fraction of sp³-hybridized carbons (Fsp3) is 0.0455. The van der Waals surface area contributed by atoms with Crippen LogP contribution in [0.4, 0.5) is 17.4 Å². The maximum atomic E-state index is 5.70. The molecular formula is C22H18N6OS. The zero-order valence-corrected chi connectivity index (χ0v) is 17.0. The maximum Gasteiger partial charge on any atom is 0.219 e. The Balaban J connectivity index is 1.65. The van der Waals surface area contributed by atoms with Gasteiger partial charge in [0.05, 0.1) is 18.1 Å². The second kappa shape index (κ2) is 7.92. The Morgan fingerprint density at radius 2 is 1.93 bits per heavy atom. The third-order valence-corrected chi connectivity index (χ3v) is 5.39. The first-order valence-corrected chi connectivity index (χ1v) is 10.5. The first-order valence-electron chi connectivity index (χ1n) is 9.30. The smallest absolute Gasteiger partial charge is 0.219 e. The topological polar surface area (TPSA) is 71.5 Å². The van der Waals surface area contributed by atoms with Gasteiger partial charge in [0, 0.05) is 17.2 Å². The van der Waals surface area contributed by atoms with E-state index < -0.39 is 0 Å². The quantitative estimate of drug-likeness (QED) is 0.300. The lowest BCUT2D eigenvalue weighted by molar-refractivity contribution is 0.567. The number of aromatic nitrogens is 4. The van der Waals surface area contributed by atoms with Crippen LogP contribution in [0.3, 0.4) is 0 Å². The molecule has 0 aliphatic heterocycles. The van der Waals surface area contributed by atoms with Crippen molar-refractivity contribution in [3.63, 3.8) is 0 Å². The summed E-state index contributed by atoms with van der Waals surface area (Å²) in [7, 11) is 0. The molecule has 1 N–H and O–H groups in total. The second-order valence-corrected chi connectivity index (χ2v) is 7.38. The molecule has 30 heavy (non-hydrogen) atoms. The van der Waals surface area contributed by atoms with Gasteiger partial charge in [0.1, 0.15) is 6.33 Å². The van der Waals surface area contributed by atoms with Crippen LogP contribution in [-0.4, -0.2) is 25.8 Å². The highest BCUT2D eigenvalue weighted by atomic mass is 32.2. The summed E-state index contributed by atoms with van der Waals surface area (Å²) in [6.07, 6.45) is 8.73. The highest BCUT2D eigenvalue weighted by Gasteiger charge is 2.18. The van der Waals surface area contributed by atoms with Crippen molar-refractivity contribution in [1.82, 2.24) is 19.6 Å². The van der Waals surface area contributed by atoms with Gasteiger partial charge in [0.25, 0.3) is 0 Å². The average Bonchev–Trinajstić information content (AvgIpc) is 3.50. The van der Waals surface area contributed by atoms with E-state index in [9.17, 15) is 0 Å². The normalized spacial score (nSPS) is 11.0. The van der Waals surface area contributed by atoms with Gasteiger partial charge < -0.3 is 4.42 Å². The standard InChI is InChI=1S/C22H18N6OS/c1-30-19-8-6-16(7-9-19)17-12-20-24-15-25-27(20)21(13-17)28(22-5-3-11-29-22)26-18-4-2-10-23-14-18/h2-15,26H,1H3. The predicted octanol–water partition coefficient (Wildman–Crippen LogP) is 5.27. The Hall–Kier alpha value is -3.78. The summed E-state index contributed by atoms with van der Waals surface area (Å²) in [6.45, 7) is 0. The summed E-state index contributed by atoms with van der Waals surface area (Å²) in [5, 5.41) is 6.25. The van der Waals surface area contributed by atoms with Crippen LogP contribution in [0.1, 0.15) is 0 Å². The van der Waals surface area contributed by atoms with Gasteiger partial charge in [-0.15, -0.1) is 11.8 Å². The average molecular weight is 414 g/mol. The van der Waals surface area contributed by atoms with Crippen LogP contribution in [0.15, 0.2) is 95.0 Å². The number of rotatable bonds is 6. The molecule has 0 aliphatic carbocycles. The van der Waals surface area contributed by atoms with Crippen LogP contribution in [0.5, 0.6) is 0 Å². The first-order chi connectivity index (χ1) is 14.8. The van der Waals surface area contributed by atoms with E-state index in [0.29, 0.717) is 5.88 Å². The summed E-state index contributed by atoms with van der Waals surface area (Å²) >= 11 is 1.72. The molecular weight excluding hydrogens is 396 g/mol. The van der Waals surface area contributed by atoms with Crippen molar-refractivity contribution in [3.8, 4) is 11.1 Å². The van der Waals surface area contributed by atoms with Crippen molar-refractivity contribution in [2.75, 3.05) is 16.7 Å². The van der Waals surface area contributed by atoms with Gasteiger partial charge in [0.2, 0.25) is 5.88 Å². The fourth-order valence-electron chi connectivity index (χ4n) is 3.20. The second-order valence-electron chi connectivity index (χ2n) is 6.50. The third-order valence-electron chi connectivity index (χ3n) is 4.64. The molecule has 5 rings (SSSR count). The number of pyridine rings is 2. The van der Waals surface area contributed by atoms with Crippen molar-refractivity contribution >= 4 is 34.8 Å². The summed E-state index contributed by atoms with van der Waals surface area (Å²) in [6, 6.07) is 20.1. The SMILES string of the molecule is CSc1ccc(-c2cc(N(Nc3cccnc3)c3ccco3)n3ncnc3c2)cc1. The van der Waals surface area contributed by atoms with Crippen LogP contribution < -0.4 is 10.4 Å². The molecule has 5 aromatic rings. The van der Waals surface area contributed by atoms with Gasteiger partial charge in [-0.2, -0.15) is 9.61 Å². The molecule has 0 aliphatic rings. The van der Waals surface area contributed by atoms with Crippen molar-refractivity contribution in [2.24, 2.45) is 0 Å². The van der Waals surface area contributed by atoms with Crippen LogP contribution in [0.25, 0.3) is 16.8 Å². The number of benzene rings is 1. The van der Waals surface area contributed by atoms with Gasteiger partial charge in [-0.1, -0.05) is 12.1 Å². The van der Waals surface area contributed by atoms with E-state index in [1.807, 2.05) is 35.3 Å². The molecule has 4 aromatic heterocycles. The van der Waals surface area contributed by atoms with Gasteiger partial charge in [0.15, 0.2) is 11.5 Å². The van der Waals surface area contributed by atoms with E-state index in [4.69, 9.17) is 4.42 Å². The van der Waals surface area contributed by atoms with E-state index >= 15 is 0 Å². The number of hydrogen-bond acceptors (Lipinski definition) is 7. The van der Waals surface area contributed by atoms with Gasteiger partial charge in [-0.05, 0) is 59.8 Å². The molecule has 0 spiro atoms. The van der Waals surface area contributed by atoms with Crippen LogP contribution in [0, 0.1) is 0 Å². The number of thioether (sulfide) groups is 1. The van der Waals surface area contributed by atoms with Gasteiger partial charge >= 0.3 is 0 Å². The van der Waals surface area contributed by atoms with Crippen molar-refractivity contribution in [2.45, 2.75) is 4.90 Å². The summed E-state index contributed by atoms with van der Waals surface area (Å²) in [5.74, 6) is 1.37. The highest BCUT2D eigenvalue weighted by Crippen LogP contribution is 2.32. The predicted molar refractivity (Wildman–Crippen MR) is 119 cm³/mol. The van der Waals surface area contributed by atoms with Crippen LogP contribution in [-0.2, 0) is 0 Å². The molecule has 0 atom stereocenters. The fourth-order valence-corrected chi connectivity index (χ4v) is 3.60. The molecule has 0 radical (unpaired) electrons. The molecule has 8 heteroatoms. The van der Waals surface area contributed by atoms with E-state index in [1.165, 1.54) is 4.90 Å². The number of nitrogens with one attached hydrogen (secondary N) is 1. The highest BCUT2D eigenvalue weighted by molar-refractivity contribution is 7.98. The van der Waals surface area contributed by atoms with Crippen molar-refractivity contribution in [1.29, 1.82) is 0 Å². The molecule has 0 saturated carbocycles. The molecule has 0 saturated heterocycles. The third kappa shape index (κ3) is 3.48. The molecule has 0 bridgehead atoms. The monoisotopic (exact) mass is 414 g/mol. The number of fused-ring (bicyclic) bond motifs is 1. The minimum atomic E-state index is 0.616. The maximum absolute atomic E-state index is 5.70. The Labute approximate surface area is 177 Å². The largest absolute Gasteiger partial charge is 0.447 e. The number of nitrogens with zero attached hydrogens (tertiary/aromatic N) is 5. The van der Waals surface area contributed by atoms with Gasteiger partial charge in [-0.3, -0.25) is 10.4 Å². The van der Waals surface area contributed by atoms with E-state index in [2.05, 4.69) is 57.1 Å². The minimum absolute atomic E-state index is 0.616. The molecule has 1 aromatic carbocycles. The lowest BCUT2D eigenvalue weighted by atomic mass is 10.1. The van der Waals surface area contributed by atoms with Crippen LogP contribution in [0.2, 0.25) is 0 Å². The Morgan fingerprint density at radius 1 is 1.03 bits per heavy atom. The molecule has 4 heterocycles. The number of hydrazine groups is 1. The van der Waals surface area contributed by atoms with Crippen LogP contribution >= 0.6 is 11.8 Å². The van der Waals surface area contributed by atoms with E-state index in [1.54, 1.807) is 41.3 Å². The summed E-state index contributed by atoms with van der Waals surface area (Å²) in [5.41, 5.74) is 7.04. The molecule has 0 unspecified atom stereocenters. The van der Waals surface area contributed by atoms with Crippen molar-refractivity contribution in [3.05, 3.63) is 85.6 Å². The van der Waals surface area contributed by atoms with E-state index in [0.717, 1.165) is 28.3 Å². The molecule has 0 fully saturated rings. The first kappa shape index (κ1) is 18.3. The van der Waals surface area contributed by atoms with Crippen molar-refractivity contribution < 1.29 is 4.42 Å². The number of furan rings is 1. The zero-order valence-electron chi connectivity index (χ0n) is 16.1. The minimum Gasteiger partial charge on any atom is -0.447 e. The zero-order chi connectivity index (χ0) is 20.3. The Bertz CT molecular complexity index is 1250. The summed E-state index contributed by atoms with van der Waals surface area (Å²) < 4.78 is 7.47. The molecule has 0 amide bonds. The Morgan fingerprint density at radius 3 is 2.67 bits per heavy atom. The Kier molecular flexibility index (Phi) is 4.82. The summed E-state index contributed by atoms with van der Waals surface area (Å²) in [4.78, 5) is 9.83. The lowest BCUT2D eigenvalue weighted by Crippen LogP contribution is -2.26. The number of anilines is 3. The van der Waals surface area contributed by atoms with Gasteiger partial charge in [-0.25, -0.2) is 9.99 Å². The molecule has 148 valence electrons. The lowest BCUT2D eigenvalue weighted by Gasteiger charge is -2.24. The molecule has 7 nitrogen and oxygen atoms in total. The number of hydrogen-bond donors (Lipinski definition) is 1. The van der Waals surface area contributed by atoms with E-state index in [-0.39, 0.29) is 0 Å².